The highest BCUT2D eigenvalue weighted by molar-refractivity contribution is 7.19. The van der Waals surface area contributed by atoms with Crippen molar-refractivity contribution in [3.05, 3.63) is 94.9 Å². The van der Waals surface area contributed by atoms with E-state index in [4.69, 9.17) is 9.47 Å². The highest BCUT2D eigenvalue weighted by Gasteiger charge is 2.30. The van der Waals surface area contributed by atoms with Crippen LogP contribution in [0.4, 0.5) is 0 Å². The third-order valence-electron chi connectivity index (χ3n) is 5.41. The molecule has 5 heteroatoms. The Kier molecular flexibility index (Phi) is 6.76. The number of fused-ring (bicyclic) bond motifs is 1. The van der Waals surface area contributed by atoms with E-state index in [-0.39, 0.29) is 5.92 Å². The molecule has 0 bridgehead atoms. The molecule has 33 heavy (non-hydrogen) atoms. The van der Waals surface area contributed by atoms with E-state index in [0.717, 1.165) is 15.0 Å². The van der Waals surface area contributed by atoms with Crippen molar-refractivity contribution in [2.45, 2.75) is 32.8 Å². The number of esters is 1. The number of hydrogen-bond acceptors (Lipinski definition) is 5. The van der Waals surface area contributed by atoms with Crippen LogP contribution < -0.4 is 4.74 Å². The Morgan fingerprint density at radius 2 is 1.70 bits per heavy atom. The first-order chi connectivity index (χ1) is 15.9. The van der Waals surface area contributed by atoms with Crippen LogP contribution in [0.5, 0.6) is 11.5 Å². The van der Waals surface area contributed by atoms with Gasteiger partial charge in [-0.05, 0) is 54.6 Å². The fourth-order valence-electron chi connectivity index (χ4n) is 3.78. The van der Waals surface area contributed by atoms with E-state index >= 15 is 0 Å². The van der Waals surface area contributed by atoms with Crippen molar-refractivity contribution in [1.29, 1.82) is 5.26 Å². The molecule has 166 valence electrons. The summed E-state index contributed by atoms with van der Waals surface area (Å²) in [5.41, 5.74) is 1.76. The fourth-order valence-corrected chi connectivity index (χ4v) is 5.08. The fraction of sp³-hybridized carbons (Fsp3) is 0.214. The molecule has 4 rings (SSSR count). The van der Waals surface area contributed by atoms with Gasteiger partial charge in [0.2, 0.25) is 6.10 Å². The van der Waals surface area contributed by atoms with Gasteiger partial charge in [0.25, 0.3) is 0 Å². The van der Waals surface area contributed by atoms with Crippen LogP contribution in [0.2, 0.25) is 0 Å². The molecule has 4 nitrogen and oxygen atoms in total. The molecule has 0 aliphatic heterocycles. The smallest absolute Gasteiger partial charge is 0.316 e. The summed E-state index contributed by atoms with van der Waals surface area (Å²) in [7, 11) is 0. The van der Waals surface area contributed by atoms with E-state index in [1.54, 1.807) is 29.5 Å². The number of carbonyl (C=O) groups excluding carboxylic acids is 1. The molecule has 1 aromatic heterocycles. The second-order valence-corrected chi connectivity index (χ2v) is 9.46. The highest BCUT2D eigenvalue weighted by atomic mass is 32.1. The Morgan fingerprint density at radius 3 is 2.42 bits per heavy atom. The maximum Gasteiger partial charge on any atom is 0.316 e. The van der Waals surface area contributed by atoms with Crippen LogP contribution in [0.15, 0.2) is 78.9 Å². The van der Waals surface area contributed by atoms with Gasteiger partial charge in [-0.1, -0.05) is 61.9 Å². The lowest BCUT2D eigenvalue weighted by Gasteiger charge is -2.20. The molecule has 0 amide bonds. The molecule has 0 aliphatic rings. The van der Waals surface area contributed by atoms with Gasteiger partial charge in [0.15, 0.2) is 0 Å². The summed E-state index contributed by atoms with van der Waals surface area (Å²) in [4.78, 5) is 14.2. The number of benzene rings is 3. The van der Waals surface area contributed by atoms with Gasteiger partial charge in [-0.15, -0.1) is 11.3 Å². The molecule has 0 saturated heterocycles. The Morgan fingerprint density at radius 1 is 0.939 bits per heavy atom. The zero-order valence-electron chi connectivity index (χ0n) is 18.8. The lowest BCUT2D eigenvalue weighted by atomic mass is 9.94. The van der Waals surface area contributed by atoms with Crippen LogP contribution >= 0.6 is 11.3 Å². The minimum atomic E-state index is -1.02. The summed E-state index contributed by atoms with van der Waals surface area (Å²) in [6.07, 6.45) is -1.02. The lowest BCUT2D eigenvalue weighted by Crippen LogP contribution is -2.22. The molecule has 0 radical (unpaired) electrons. The number of para-hydroxylation sites is 1. The molecule has 3 aromatic carbocycles. The summed E-state index contributed by atoms with van der Waals surface area (Å²) < 4.78 is 12.7. The molecule has 0 N–H and O–H groups in total. The maximum atomic E-state index is 13.2. The first kappa shape index (κ1) is 22.6. The minimum absolute atomic E-state index is 0.0266. The van der Waals surface area contributed by atoms with Gasteiger partial charge in [0.1, 0.15) is 17.6 Å². The first-order valence-corrected chi connectivity index (χ1v) is 11.7. The molecular formula is C28H25NO3S. The van der Waals surface area contributed by atoms with E-state index in [9.17, 15) is 10.1 Å². The van der Waals surface area contributed by atoms with Crippen molar-refractivity contribution < 1.29 is 14.3 Å². The Hall–Kier alpha value is -3.62. The number of rotatable bonds is 7. The van der Waals surface area contributed by atoms with Crippen molar-refractivity contribution >= 4 is 27.4 Å². The SMILES string of the molecule is Cc1ccc2sc(C(C(=O)OC(C#N)c3cccc(Oc4ccccc4)c3)C(C)C)cc2c1. The number of ether oxygens (including phenoxy) is 2. The normalized spacial score (nSPS) is 12.8. The van der Waals surface area contributed by atoms with Gasteiger partial charge in [-0.25, -0.2) is 0 Å². The summed E-state index contributed by atoms with van der Waals surface area (Å²) in [5, 5.41) is 10.9. The molecule has 0 spiro atoms. The molecule has 0 saturated carbocycles. The predicted octanol–water partition coefficient (Wildman–Crippen LogP) is 7.55. The summed E-state index contributed by atoms with van der Waals surface area (Å²) in [6, 6.07) is 27.0. The first-order valence-electron chi connectivity index (χ1n) is 10.9. The number of hydrogen-bond donors (Lipinski definition) is 0. The Labute approximate surface area is 198 Å². The third kappa shape index (κ3) is 5.24. The number of carbonyl (C=O) groups is 1. The monoisotopic (exact) mass is 455 g/mol. The van der Waals surface area contributed by atoms with E-state index in [2.05, 4.69) is 37.3 Å². The van der Waals surface area contributed by atoms with Crippen molar-refractivity contribution in [3.8, 4) is 17.6 Å². The zero-order valence-corrected chi connectivity index (χ0v) is 19.6. The summed E-state index contributed by atoms with van der Waals surface area (Å²) in [6.45, 7) is 6.05. The molecule has 2 atom stereocenters. The summed E-state index contributed by atoms with van der Waals surface area (Å²) >= 11 is 1.60. The van der Waals surface area contributed by atoms with E-state index in [1.807, 2.05) is 50.2 Å². The van der Waals surface area contributed by atoms with E-state index in [0.29, 0.717) is 17.1 Å². The van der Waals surface area contributed by atoms with Gasteiger partial charge < -0.3 is 9.47 Å². The number of aryl methyl sites for hydroxylation is 1. The van der Waals surface area contributed by atoms with Gasteiger partial charge in [-0.3, -0.25) is 4.79 Å². The average molecular weight is 456 g/mol. The highest BCUT2D eigenvalue weighted by Crippen LogP contribution is 2.37. The van der Waals surface area contributed by atoms with Crippen LogP contribution in [0.3, 0.4) is 0 Å². The lowest BCUT2D eigenvalue weighted by molar-refractivity contribution is -0.149. The van der Waals surface area contributed by atoms with Crippen LogP contribution in [0, 0.1) is 24.2 Å². The minimum Gasteiger partial charge on any atom is -0.457 e. The van der Waals surface area contributed by atoms with Crippen molar-refractivity contribution in [2.24, 2.45) is 5.92 Å². The molecule has 4 aromatic rings. The van der Waals surface area contributed by atoms with Crippen molar-refractivity contribution in [2.75, 3.05) is 0 Å². The van der Waals surface area contributed by atoms with E-state index in [1.165, 1.54) is 5.56 Å². The van der Waals surface area contributed by atoms with Crippen molar-refractivity contribution in [1.82, 2.24) is 0 Å². The molecule has 0 aliphatic carbocycles. The largest absolute Gasteiger partial charge is 0.457 e. The quantitative estimate of drug-likeness (QED) is 0.270. The Bertz CT molecular complexity index is 1300. The predicted molar refractivity (Wildman–Crippen MR) is 132 cm³/mol. The van der Waals surface area contributed by atoms with Crippen LogP contribution in [0.25, 0.3) is 10.1 Å². The Balaban J connectivity index is 1.55. The average Bonchev–Trinajstić information content (AvgIpc) is 3.20. The second-order valence-electron chi connectivity index (χ2n) is 8.35. The van der Waals surface area contributed by atoms with E-state index < -0.39 is 18.0 Å². The van der Waals surface area contributed by atoms with Gasteiger partial charge in [-0.2, -0.15) is 5.26 Å². The van der Waals surface area contributed by atoms with Gasteiger partial charge >= 0.3 is 5.97 Å². The summed E-state index contributed by atoms with van der Waals surface area (Å²) in [5.74, 6) is 0.463. The molecule has 2 unspecified atom stereocenters. The zero-order chi connectivity index (χ0) is 23.4. The van der Waals surface area contributed by atoms with Crippen LogP contribution in [0.1, 0.15) is 41.9 Å². The number of nitriles is 1. The second kappa shape index (κ2) is 9.89. The van der Waals surface area contributed by atoms with Gasteiger partial charge in [0.05, 0.1) is 5.92 Å². The number of thiophene rings is 1. The molecule has 0 fully saturated rings. The molecular weight excluding hydrogens is 430 g/mol. The van der Waals surface area contributed by atoms with Gasteiger partial charge in [0, 0.05) is 15.1 Å². The topological polar surface area (TPSA) is 59.3 Å². The maximum absolute atomic E-state index is 13.2. The number of nitrogens with zero attached hydrogens (tertiary/aromatic N) is 1. The van der Waals surface area contributed by atoms with Crippen LogP contribution in [-0.2, 0) is 9.53 Å². The van der Waals surface area contributed by atoms with Crippen LogP contribution in [-0.4, -0.2) is 5.97 Å². The van der Waals surface area contributed by atoms with Crippen molar-refractivity contribution in [3.63, 3.8) is 0 Å². The third-order valence-corrected chi connectivity index (χ3v) is 6.61. The standard InChI is InChI=1S/C28H25NO3S/c1-18(2)27(26-16-21-14-19(3)12-13-25(21)33-26)28(30)32-24(17-29)20-8-7-11-23(15-20)31-22-9-5-4-6-10-22/h4-16,18,24,27H,1-3H3. The molecule has 1 heterocycles.